The highest BCUT2D eigenvalue weighted by atomic mass is 32.2. The van der Waals surface area contributed by atoms with Crippen molar-refractivity contribution in [3.63, 3.8) is 0 Å². The molecule has 0 radical (unpaired) electrons. The van der Waals surface area contributed by atoms with Gasteiger partial charge in [-0.15, -0.1) is 0 Å². The quantitative estimate of drug-likeness (QED) is 0.344. The molecule has 1 aliphatic carbocycles. The highest BCUT2D eigenvalue weighted by Crippen LogP contribution is 2.36. The van der Waals surface area contributed by atoms with Gasteiger partial charge in [-0.3, -0.25) is 14.5 Å². The largest absolute Gasteiger partial charge is 0.465 e. The molecule has 1 aromatic carbocycles. The summed E-state index contributed by atoms with van der Waals surface area (Å²) < 4.78 is 7.61. The minimum atomic E-state index is -0.275. The summed E-state index contributed by atoms with van der Waals surface area (Å²) in [6.07, 6.45) is 9.98. The molecular weight excluding hydrogens is 416 g/mol. The summed E-state index contributed by atoms with van der Waals surface area (Å²) in [5.74, 6) is 0.438. The third-order valence-corrected chi connectivity index (χ3v) is 7.20. The van der Waals surface area contributed by atoms with E-state index in [1.807, 2.05) is 41.1 Å². The van der Waals surface area contributed by atoms with Gasteiger partial charge in [0, 0.05) is 29.2 Å². The van der Waals surface area contributed by atoms with E-state index in [1.165, 1.54) is 37.4 Å². The maximum atomic E-state index is 13.0. The number of ether oxygens (including phenoxy) is 1. The molecule has 0 atom stereocenters. The average molecular weight is 443 g/mol. The van der Waals surface area contributed by atoms with Crippen molar-refractivity contribution in [1.82, 2.24) is 9.47 Å². The van der Waals surface area contributed by atoms with E-state index in [0.717, 1.165) is 28.8 Å². The van der Waals surface area contributed by atoms with Gasteiger partial charge >= 0.3 is 5.97 Å². The Labute approximate surface area is 186 Å². The van der Waals surface area contributed by atoms with Crippen molar-refractivity contribution < 1.29 is 14.3 Å². The second kappa shape index (κ2) is 9.35. The number of benzene rings is 1. The zero-order valence-corrected chi connectivity index (χ0v) is 18.8. The summed E-state index contributed by atoms with van der Waals surface area (Å²) in [6.45, 7) is 3.00. The van der Waals surface area contributed by atoms with Crippen LogP contribution in [-0.2, 0) is 20.9 Å². The number of rotatable bonds is 7. The fourth-order valence-corrected chi connectivity index (χ4v) is 5.61. The lowest BCUT2D eigenvalue weighted by Crippen LogP contribution is -2.30. The fourth-order valence-electron chi connectivity index (χ4n) is 4.31. The van der Waals surface area contributed by atoms with Crippen molar-refractivity contribution >= 4 is 57.2 Å². The van der Waals surface area contributed by atoms with Crippen LogP contribution in [0.4, 0.5) is 0 Å². The van der Waals surface area contributed by atoms with Crippen LogP contribution in [0.2, 0.25) is 0 Å². The molecule has 2 heterocycles. The Kier molecular flexibility index (Phi) is 6.58. The monoisotopic (exact) mass is 442 g/mol. The van der Waals surface area contributed by atoms with Crippen LogP contribution in [0.15, 0.2) is 35.4 Å². The minimum Gasteiger partial charge on any atom is -0.465 e. The van der Waals surface area contributed by atoms with Crippen molar-refractivity contribution in [1.29, 1.82) is 0 Å². The van der Waals surface area contributed by atoms with E-state index in [0.29, 0.717) is 22.4 Å². The molecule has 30 heavy (non-hydrogen) atoms. The topological polar surface area (TPSA) is 51.5 Å². The first-order valence-electron chi connectivity index (χ1n) is 10.6. The van der Waals surface area contributed by atoms with E-state index < -0.39 is 0 Å². The van der Waals surface area contributed by atoms with E-state index in [4.69, 9.17) is 17.0 Å². The molecule has 0 unspecified atom stereocenters. The van der Waals surface area contributed by atoms with Crippen LogP contribution in [0.25, 0.3) is 17.0 Å². The predicted octanol–water partition coefficient (Wildman–Crippen LogP) is 4.99. The summed E-state index contributed by atoms with van der Waals surface area (Å²) in [5.41, 5.74) is 1.85. The molecule has 1 saturated carbocycles. The van der Waals surface area contributed by atoms with Gasteiger partial charge in [-0.2, -0.15) is 0 Å². The standard InChI is InChI=1S/C23H26N2O3S2/c1-2-28-21(26)15-24-14-17(18-9-5-6-10-19(18)24)13-20-22(27)25(23(29)30-20)12-11-16-7-3-4-8-16/h5-6,9-10,13-14,16H,2-4,7-8,11-12,15H2,1H3/b20-13-. The van der Waals surface area contributed by atoms with Gasteiger partial charge in [-0.05, 0) is 31.4 Å². The van der Waals surface area contributed by atoms with Gasteiger partial charge in [0.05, 0.1) is 11.5 Å². The zero-order valence-electron chi connectivity index (χ0n) is 17.1. The first-order chi connectivity index (χ1) is 14.6. The molecule has 7 heteroatoms. The Hall–Kier alpha value is -2.12. The molecule has 1 aliphatic heterocycles. The predicted molar refractivity (Wildman–Crippen MR) is 125 cm³/mol. The lowest BCUT2D eigenvalue weighted by Gasteiger charge is -2.17. The number of para-hydroxylation sites is 1. The van der Waals surface area contributed by atoms with Crippen molar-refractivity contribution in [2.75, 3.05) is 13.2 Å². The van der Waals surface area contributed by atoms with Crippen molar-refractivity contribution in [3.8, 4) is 0 Å². The maximum Gasteiger partial charge on any atom is 0.325 e. The number of nitrogens with zero attached hydrogens (tertiary/aromatic N) is 2. The summed E-state index contributed by atoms with van der Waals surface area (Å²) in [7, 11) is 0. The van der Waals surface area contributed by atoms with Crippen LogP contribution >= 0.6 is 24.0 Å². The lowest BCUT2D eigenvalue weighted by atomic mass is 10.0. The zero-order chi connectivity index (χ0) is 21.1. The van der Waals surface area contributed by atoms with Gasteiger partial charge in [0.25, 0.3) is 5.91 Å². The summed E-state index contributed by atoms with van der Waals surface area (Å²) in [6, 6.07) is 7.87. The van der Waals surface area contributed by atoms with E-state index in [2.05, 4.69) is 0 Å². The molecule has 0 N–H and O–H groups in total. The fraction of sp³-hybridized carbons (Fsp3) is 0.435. The second-order valence-corrected chi connectivity index (χ2v) is 9.48. The van der Waals surface area contributed by atoms with Gasteiger partial charge in [-0.25, -0.2) is 0 Å². The Morgan fingerprint density at radius 1 is 1.30 bits per heavy atom. The number of esters is 1. The Morgan fingerprint density at radius 2 is 2.07 bits per heavy atom. The number of thiocarbonyl (C=S) groups is 1. The highest BCUT2D eigenvalue weighted by Gasteiger charge is 2.32. The minimum absolute atomic E-state index is 0.00905. The molecule has 0 spiro atoms. The summed E-state index contributed by atoms with van der Waals surface area (Å²) >= 11 is 6.87. The van der Waals surface area contributed by atoms with Crippen LogP contribution in [-0.4, -0.2) is 38.8 Å². The summed E-state index contributed by atoms with van der Waals surface area (Å²) in [4.78, 5) is 27.4. The number of aromatic nitrogens is 1. The number of carbonyl (C=O) groups is 2. The molecule has 2 fully saturated rings. The van der Waals surface area contributed by atoms with E-state index in [-0.39, 0.29) is 18.4 Å². The molecule has 4 rings (SSSR count). The Morgan fingerprint density at radius 3 is 2.83 bits per heavy atom. The van der Waals surface area contributed by atoms with Gasteiger partial charge in [0.15, 0.2) is 0 Å². The normalized spacial score (nSPS) is 18.8. The number of hydrogen-bond acceptors (Lipinski definition) is 5. The molecule has 1 amide bonds. The molecule has 1 saturated heterocycles. The SMILES string of the molecule is CCOC(=O)Cn1cc(/C=C2\SC(=S)N(CCC3CCCC3)C2=O)c2ccccc21. The molecule has 2 aliphatic rings. The van der Waals surface area contributed by atoms with E-state index in [1.54, 1.807) is 11.8 Å². The number of carbonyl (C=O) groups excluding carboxylic acids is 2. The lowest BCUT2D eigenvalue weighted by molar-refractivity contribution is -0.143. The number of thioether (sulfide) groups is 1. The van der Waals surface area contributed by atoms with Crippen molar-refractivity contribution in [2.24, 2.45) is 5.92 Å². The van der Waals surface area contributed by atoms with Crippen LogP contribution in [0.3, 0.4) is 0 Å². The van der Waals surface area contributed by atoms with E-state index in [9.17, 15) is 9.59 Å². The molecule has 0 bridgehead atoms. The van der Waals surface area contributed by atoms with Crippen LogP contribution in [0.5, 0.6) is 0 Å². The second-order valence-electron chi connectivity index (χ2n) is 7.81. The smallest absolute Gasteiger partial charge is 0.325 e. The van der Waals surface area contributed by atoms with E-state index >= 15 is 0 Å². The van der Waals surface area contributed by atoms with Crippen LogP contribution < -0.4 is 0 Å². The molecule has 2 aromatic rings. The van der Waals surface area contributed by atoms with Gasteiger partial charge in [0.2, 0.25) is 0 Å². The summed E-state index contributed by atoms with van der Waals surface area (Å²) in [5, 5.41) is 0.998. The average Bonchev–Trinajstić information content (AvgIpc) is 3.42. The molecule has 158 valence electrons. The van der Waals surface area contributed by atoms with Crippen LogP contribution in [0, 0.1) is 5.92 Å². The molecular formula is C23H26N2O3S2. The first kappa shape index (κ1) is 21.1. The Bertz CT molecular complexity index is 1010. The maximum absolute atomic E-state index is 13.0. The van der Waals surface area contributed by atoms with Crippen molar-refractivity contribution in [3.05, 3.63) is 40.9 Å². The molecule has 1 aromatic heterocycles. The Balaban J connectivity index is 1.56. The third-order valence-electron chi connectivity index (χ3n) is 5.82. The van der Waals surface area contributed by atoms with Gasteiger partial charge in [0.1, 0.15) is 10.9 Å². The number of amides is 1. The van der Waals surface area contributed by atoms with Gasteiger partial charge < -0.3 is 9.30 Å². The first-order valence-corrected chi connectivity index (χ1v) is 11.8. The number of fused-ring (bicyclic) bond motifs is 1. The third kappa shape index (κ3) is 4.47. The molecule has 5 nitrogen and oxygen atoms in total. The number of hydrogen-bond donors (Lipinski definition) is 0. The highest BCUT2D eigenvalue weighted by molar-refractivity contribution is 8.26. The van der Waals surface area contributed by atoms with Crippen LogP contribution in [0.1, 0.15) is 44.6 Å². The van der Waals surface area contributed by atoms with Crippen molar-refractivity contribution in [2.45, 2.75) is 45.6 Å². The van der Waals surface area contributed by atoms with Gasteiger partial charge in [-0.1, -0.05) is 67.9 Å².